The first kappa shape index (κ1) is 60.4. The van der Waals surface area contributed by atoms with Crippen LogP contribution in [0.2, 0.25) is 0 Å². The molecule has 2 aliphatic rings. The second-order valence-corrected chi connectivity index (χ2v) is 18.7. The number of aliphatic hydroxyl groups excluding tert-OH is 7. The van der Waals surface area contributed by atoms with Gasteiger partial charge in [-0.3, -0.25) is 9.59 Å². The monoisotopic (exact) mass is 947 g/mol. The first-order valence-electron chi connectivity index (χ1n) is 26.3. The maximum absolute atomic E-state index is 13.0. The van der Waals surface area contributed by atoms with Crippen molar-refractivity contribution >= 4 is 11.9 Å². The van der Waals surface area contributed by atoms with Gasteiger partial charge in [-0.25, -0.2) is 0 Å². The molecule has 0 bridgehead atoms. The van der Waals surface area contributed by atoms with Gasteiger partial charge in [-0.15, -0.1) is 0 Å². The van der Waals surface area contributed by atoms with Gasteiger partial charge >= 0.3 is 11.9 Å². The molecule has 66 heavy (non-hydrogen) atoms. The van der Waals surface area contributed by atoms with Gasteiger partial charge in [-0.1, -0.05) is 167 Å². The zero-order valence-corrected chi connectivity index (χ0v) is 40.9. The van der Waals surface area contributed by atoms with Crippen molar-refractivity contribution in [2.24, 2.45) is 0 Å². The highest BCUT2D eigenvalue weighted by Crippen LogP contribution is 2.26. The summed E-state index contributed by atoms with van der Waals surface area (Å²) in [6, 6.07) is 0. The van der Waals surface area contributed by atoms with Gasteiger partial charge in [-0.05, 0) is 38.5 Å². The number of hydrogen-bond donors (Lipinski definition) is 7. The summed E-state index contributed by atoms with van der Waals surface area (Å²) in [4.78, 5) is 25.7. The Morgan fingerprint density at radius 3 is 1.33 bits per heavy atom. The van der Waals surface area contributed by atoms with Crippen LogP contribution in [0.25, 0.3) is 0 Å². The highest BCUT2D eigenvalue weighted by molar-refractivity contribution is 5.70. The maximum Gasteiger partial charge on any atom is 0.306 e. The molecular formula is C51H94O15. The molecule has 2 heterocycles. The quantitative estimate of drug-likeness (QED) is 0.0180. The van der Waals surface area contributed by atoms with Crippen LogP contribution in [0.5, 0.6) is 0 Å². The van der Waals surface area contributed by atoms with Gasteiger partial charge < -0.3 is 64.2 Å². The molecule has 4 unspecified atom stereocenters. The van der Waals surface area contributed by atoms with Crippen LogP contribution in [0.1, 0.15) is 206 Å². The van der Waals surface area contributed by atoms with E-state index in [1.165, 1.54) is 128 Å². The Balaban J connectivity index is 1.75. The van der Waals surface area contributed by atoms with Crippen LogP contribution in [-0.4, -0.2) is 142 Å². The molecule has 0 amide bonds. The lowest BCUT2D eigenvalue weighted by Gasteiger charge is -2.42. The number of hydrogen-bond acceptors (Lipinski definition) is 15. The number of unbranched alkanes of at least 4 members (excludes halogenated alkanes) is 25. The average Bonchev–Trinajstić information content (AvgIpc) is 3.31. The summed E-state index contributed by atoms with van der Waals surface area (Å²) in [6.45, 7) is 2.58. The first-order chi connectivity index (χ1) is 32.0. The molecule has 0 saturated carbocycles. The average molecular weight is 947 g/mol. The zero-order valence-electron chi connectivity index (χ0n) is 40.9. The number of carbonyl (C=O) groups excluding carboxylic acids is 2. The van der Waals surface area contributed by atoms with Crippen molar-refractivity contribution in [1.82, 2.24) is 0 Å². The van der Waals surface area contributed by atoms with Gasteiger partial charge in [0.05, 0.1) is 19.8 Å². The van der Waals surface area contributed by atoms with Gasteiger partial charge in [0.2, 0.25) is 0 Å². The van der Waals surface area contributed by atoms with Crippen LogP contribution in [0, 0.1) is 0 Å². The minimum Gasteiger partial charge on any atom is -0.462 e. The standard InChI is InChI=1S/C51H94O15/c1-3-5-7-9-11-13-14-15-16-17-18-19-20-21-22-23-24-26-28-30-32-34-43(54)64-39(36-61-42(53)33-31-29-27-25-12-10-8-6-4-2)37-62-50-49(60)47(58)45(56)41(66-50)38-63-51-48(59)46(57)44(55)40(35-52)65-51/h15-16,39-41,44-52,55-60H,3-14,17-38H2,1-2H3/b16-15+/t39-,40+,41+,44-,45-,46?,47?,48?,49?,50+,51+/m1/s1. The van der Waals surface area contributed by atoms with Crippen molar-refractivity contribution in [3.05, 3.63) is 12.2 Å². The Kier molecular flexibility index (Phi) is 35.7. The van der Waals surface area contributed by atoms with E-state index in [0.717, 1.165) is 38.5 Å². The van der Waals surface area contributed by atoms with Crippen LogP contribution in [0.15, 0.2) is 12.2 Å². The molecule has 2 saturated heterocycles. The number of allylic oxidation sites excluding steroid dienone is 2. The number of esters is 2. The molecule has 0 aromatic carbocycles. The fourth-order valence-corrected chi connectivity index (χ4v) is 8.39. The lowest BCUT2D eigenvalue weighted by Crippen LogP contribution is -2.61. The normalized spacial score (nSPS) is 26.2. The van der Waals surface area contributed by atoms with E-state index < -0.39 is 92.7 Å². The molecule has 0 spiro atoms. The Hall–Kier alpha value is -1.76. The highest BCUT2D eigenvalue weighted by Gasteiger charge is 2.47. The maximum atomic E-state index is 13.0. The molecule has 15 nitrogen and oxygen atoms in total. The van der Waals surface area contributed by atoms with E-state index in [1.54, 1.807) is 0 Å². The molecule has 0 aromatic heterocycles. The van der Waals surface area contributed by atoms with E-state index in [4.69, 9.17) is 28.4 Å². The molecule has 0 aliphatic carbocycles. The summed E-state index contributed by atoms with van der Waals surface area (Å²) in [5.41, 5.74) is 0. The molecule has 0 radical (unpaired) electrons. The third-order valence-corrected chi connectivity index (χ3v) is 12.7. The second kappa shape index (κ2) is 39.0. The van der Waals surface area contributed by atoms with E-state index in [9.17, 15) is 45.3 Å². The molecule has 2 aliphatic heterocycles. The van der Waals surface area contributed by atoms with Crippen molar-refractivity contribution < 1.29 is 73.8 Å². The molecule has 2 rings (SSSR count). The number of carbonyl (C=O) groups is 2. The van der Waals surface area contributed by atoms with Gasteiger partial charge in [0.1, 0.15) is 55.4 Å². The fourth-order valence-electron chi connectivity index (χ4n) is 8.39. The summed E-state index contributed by atoms with van der Waals surface area (Å²) >= 11 is 0. The summed E-state index contributed by atoms with van der Waals surface area (Å²) < 4.78 is 33.5. The van der Waals surface area contributed by atoms with Gasteiger partial charge in [0.25, 0.3) is 0 Å². The number of aliphatic hydroxyl groups is 7. The zero-order chi connectivity index (χ0) is 48.2. The van der Waals surface area contributed by atoms with E-state index in [2.05, 4.69) is 26.0 Å². The summed E-state index contributed by atoms with van der Waals surface area (Å²) in [5, 5.41) is 72.0. The third-order valence-electron chi connectivity index (χ3n) is 12.7. The molecule has 15 heteroatoms. The van der Waals surface area contributed by atoms with Crippen LogP contribution in [0.3, 0.4) is 0 Å². The van der Waals surface area contributed by atoms with E-state index in [0.29, 0.717) is 12.8 Å². The topological polar surface area (TPSA) is 231 Å². The molecular weight excluding hydrogens is 853 g/mol. The Bertz CT molecular complexity index is 1210. The summed E-state index contributed by atoms with van der Waals surface area (Å²) in [7, 11) is 0. The van der Waals surface area contributed by atoms with Crippen molar-refractivity contribution in [3.63, 3.8) is 0 Å². The lowest BCUT2D eigenvalue weighted by molar-refractivity contribution is -0.332. The Morgan fingerprint density at radius 2 is 0.864 bits per heavy atom. The first-order valence-corrected chi connectivity index (χ1v) is 26.3. The lowest BCUT2D eigenvalue weighted by atomic mass is 9.98. The van der Waals surface area contributed by atoms with Crippen LogP contribution < -0.4 is 0 Å². The van der Waals surface area contributed by atoms with Crippen molar-refractivity contribution in [2.75, 3.05) is 26.4 Å². The van der Waals surface area contributed by atoms with Gasteiger partial charge in [-0.2, -0.15) is 0 Å². The largest absolute Gasteiger partial charge is 0.462 e. The van der Waals surface area contributed by atoms with Crippen LogP contribution in [-0.2, 0) is 38.0 Å². The Morgan fingerprint density at radius 1 is 0.470 bits per heavy atom. The smallest absolute Gasteiger partial charge is 0.306 e. The summed E-state index contributed by atoms with van der Waals surface area (Å²) in [5.74, 6) is -0.920. The van der Waals surface area contributed by atoms with E-state index >= 15 is 0 Å². The second-order valence-electron chi connectivity index (χ2n) is 18.7. The highest BCUT2D eigenvalue weighted by atomic mass is 16.7. The van der Waals surface area contributed by atoms with Crippen LogP contribution in [0.4, 0.5) is 0 Å². The van der Waals surface area contributed by atoms with Crippen molar-refractivity contribution in [2.45, 2.75) is 274 Å². The minimum absolute atomic E-state index is 0.169. The van der Waals surface area contributed by atoms with Gasteiger partial charge in [0, 0.05) is 12.8 Å². The minimum atomic E-state index is -1.76. The number of rotatable bonds is 41. The predicted molar refractivity (Wildman–Crippen MR) is 252 cm³/mol. The van der Waals surface area contributed by atoms with E-state index in [-0.39, 0.29) is 26.1 Å². The molecule has 0 aromatic rings. The molecule has 2 fully saturated rings. The van der Waals surface area contributed by atoms with E-state index in [1.807, 2.05) is 0 Å². The fraction of sp³-hybridized carbons (Fsp3) is 0.922. The molecule has 11 atom stereocenters. The Labute approximate surface area is 397 Å². The van der Waals surface area contributed by atoms with Gasteiger partial charge in [0.15, 0.2) is 18.7 Å². The third kappa shape index (κ3) is 26.8. The molecule has 388 valence electrons. The summed E-state index contributed by atoms with van der Waals surface area (Å²) in [6.07, 6.45) is 21.1. The number of ether oxygens (including phenoxy) is 6. The molecule has 7 N–H and O–H groups in total. The van der Waals surface area contributed by atoms with Crippen LogP contribution >= 0.6 is 0 Å². The predicted octanol–water partition coefficient (Wildman–Crippen LogP) is 7.38. The SMILES string of the molecule is CCCCCCCC/C=C/CCCCCCCCCCCCCC(=O)O[C@H](COC(=O)CCCCCCCCCCC)CO[C@H]1O[C@@H](CO[C@H]2O[C@@H](CO)[C@@H](O)C(O)C2O)[C@@H](O)C(O)C1O. The van der Waals surface area contributed by atoms with Crippen molar-refractivity contribution in [1.29, 1.82) is 0 Å². The van der Waals surface area contributed by atoms with Crippen molar-refractivity contribution in [3.8, 4) is 0 Å².